The van der Waals surface area contributed by atoms with Crippen molar-refractivity contribution in [3.63, 3.8) is 0 Å². The molecule has 0 radical (unpaired) electrons. The van der Waals surface area contributed by atoms with Gasteiger partial charge in [-0.1, -0.05) is 63.8 Å². The third-order valence-electron chi connectivity index (χ3n) is 6.61. The van der Waals surface area contributed by atoms with E-state index in [4.69, 9.17) is 10.5 Å². The highest BCUT2D eigenvalue weighted by Crippen LogP contribution is 2.52. The van der Waals surface area contributed by atoms with Crippen LogP contribution in [0.2, 0.25) is 0 Å². The molecule has 1 amide bonds. The molecule has 2 aromatic rings. The second-order valence-electron chi connectivity index (χ2n) is 8.65. The summed E-state index contributed by atoms with van der Waals surface area (Å²) < 4.78 is 6.14. The SMILES string of the molecule is CCCCC1(CCCC)CCc2c(OCc3ccc(C(N)=O)cc3)cccc2C1O. The van der Waals surface area contributed by atoms with Crippen molar-refractivity contribution in [2.24, 2.45) is 11.1 Å². The molecule has 4 nitrogen and oxygen atoms in total. The van der Waals surface area contributed by atoms with Gasteiger partial charge in [0.05, 0.1) is 6.10 Å². The number of amides is 1. The van der Waals surface area contributed by atoms with Crippen molar-refractivity contribution in [3.8, 4) is 5.75 Å². The van der Waals surface area contributed by atoms with E-state index >= 15 is 0 Å². The molecule has 4 heteroatoms. The van der Waals surface area contributed by atoms with Gasteiger partial charge in [-0.3, -0.25) is 4.79 Å². The molecule has 1 atom stereocenters. The molecule has 0 fully saturated rings. The highest BCUT2D eigenvalue weighted by molar-refractivity contribution is 5.92. The molecule has 0 aromatic heterocycles. The molecule has 0 saturated heterocycles. The maximum absolute atomic E-state index is 11.4. The monoisotopic (exact) mass is 409 g/mol. The highest BCUT2D eigenvalue weighted by atomic mass is 16.5. The Morgan fingerprint density at radius 3 is 2.37 bits per heavy atom. The molecule has 1 unspecified atom stereocenters. The zero-order valence-electron chi connectivity index (χ0n) is 18.3. The second-order valence-corrected chi connectivity index (χ2v) is 8.65. The number of hydrogen-bond acceptors (Lipinski definition) is 3. The summed E-state index contributed by atoms with van der Waals surface area (Å²) in [6.07, 6.45) is 8.32. The summed E-state index contributed by atoms with van der Waals surface area (Å²) >= 11 is 0. The van der Waals surface area contributed by atoms with Gasteiger partial charge >= 0.3 is 0 Å². The van der Waals surface area contributed by atoms with Gasteiger partial charge in [0.25, 0.3) is 0 Å². The number of ether oxygens (including phenoxy) is 1. The summed E-state index contributed by atoms with van der Waals surface area (Å²) in [4.78, 5) is 11.2. The lowest BCUT2D eigenvalue weighted by Crippen LogP contribution is -2.34. The Labute approximate surface area is 180 Å². The van der Waals surface area contributed by atoms with E-state index in [2.05, 4.69) is 19.9 Å². The van der Waals surface area contributed by atoms with Crippen molar-refractivity contribution in [1.82, 2.24) is 0 Å². The zero-order chi connectivity index (χ0) is 21.6. The fourth-order valence-corrected chi connectivity index (χ4v) is 4.71. The predicted octanol–water partition coefficient (Wildman–Crippen LogP) is 5.71. The van der Waals surface area contributed by atoms with E-state index in [9.17, 15) is 9.90 Å². The summed E-state index contributed by atoms with van der Waals surface area (Å²) in [7, 11) is 0. The number of primary amides is 1. The molecule has 3 rings (SSSR count). The van der Waals surface area contributed by atoms with Gasteiger partial charge in [-0.15, -0.1) is 0 Å². The van der Waals surface area contributed by atoms with Crippen molar-refractivity contribution in [2.75, 3.05) is 0 Å². The average molecular weight is 410 g/mol. The fourth-order valence-electron chi connectivity index (χ4n) is 4.71. The van der Waals surface area contributed by atoms with E-state index in [1.807, 2.05) is 24.3 Å². The number of carbonyl (C=O) groups excluding carboxylic acids is 1. The van der Waals surface area contributed by atoms with E-state index in [1.54, 1.807) is 12.1 Å². The molecule has 162 valence electrons. The van der Waals surface area contributed by atoms with E-state index in [0.29, 0.717) is 12.2 Å². The van der Waals surface area contributed by atoms with Gasteiger partial charge in [-0.2, -0.15) is 0 Å². The Morgan fingerprint density at radius 2 is 1.77 bits per heavy atom. The molecule has 3 N–H and O–H groups in total. The first-order valence-corrected chi connectivity index (χ1v) is 11.3. The van der Waals surface area contributed by atoms with E-state index in [-0.39, 0.29) is 5.41 Å². The van der Waals surface area contributed by atoms with Crippen LogP contribution in [0.3, 0.4) is 0 Å². The quantitative estimate of drug-likeness (QED) is 0.528. The number of aliphatic hydroxyl groups is 1. The van der Waals surface area contributed by atoms with Gasteiger partial charge in [0, 0.05) is 11.0 Å². The minimum Gasteiger partial charge on any atom is -0.489 e. The number of nitrogens with two attached hydrogens (primary N) is 1. The molecule has 2 aromatic carbocycles. The van der Waals surface area contributed by atoms with Crippen molar-refractivity contribution in [2.45, 2.75) is 77.9 Å². The first kappa shape index (κ1) is 22.4. The fraction of sp³-hybridized carbons (Fsp3) is 0.500. The molecule has 0 spiro atoms. The van der Waals surface area contributed by atoms with Crippen LogP contribution in [0, 0.1) is 5.41 Å². The Hall–Kier alpha value is -2.33. The minimum absolute atomic E-state index is 0.0117. The molecule has 0 heterocycles. The summed E-state index contributed by atoms with van der Waals surface area (Å²) in [6.45, 7) is 4.86. The van der Waals surface area contributed by atoms with E-state index < -0.39 is 12.0 Å². The largest absolute Gasteiger partial charge is 0.489 e. The normalized spacial score (nSPS) is 17.4. The summed E-state index contributed by atoms with van der Waals surface area (Å²) in [5.41, 5.74) is 8.95. The van der Waals surface area contributed by atoms with Crippen LogP contribution in [0.25, 0.3) is 0 Å². The van der Waals surface area contributed by atoms with Crippen molar-refractivity contribution in [3.05, 3.63) is 64.7 Å². The lowest BCUT2D eigenvalue weighted by Gasteiger charge is -2.43. The molecule has 0 aliphatic heterocycles. The summed E-state index contributed by atoms with van der Waals surface area (Å²) in [5.74, 6) is 0.424. The van der Waals surface area contributed by atoms with E-state index in [0.717, 1.165) is 73.8 Å². The van der Waals surface area contributed by atoms with Crippen LogP contribution in [0.1, 0.15) is 91.9 Å². The maximum atomic E-state index is 11.4. The first-order valence-electron chi connectivity index (χ1n) is 11.3. The predicted molar refractivity (Wildman–Crippen MR) is 120 cm³/mol. The Kier molecular flexibility index (Phi) is 7.54. The van der Waals surface area contributed by atoms with Crippen LogP contribution in [-0.4, -0.2) is 11.0 Å². The molecule has 0 saturated carbocycles. The number of unbranched alkanes of at least 4 members (excludes halogenated alkanes) is 2. The zero-order valence-corrected chi connectivity index (χ0v) is 18.3. The van der Waals surface area contributed by atoms with Crippen LogP contribution < -0.4 is 10.5 Å². The second kappa shape index (κ2) is 10.1. The average Bonchev–Trinajstić information content (AvgIpc) is 2.77. The number of carbonyl (C=O) groups is 1. The van der Waals surface area contributed by atoms with Crippen LogP contribution in [0.4, 0.5) is 0 Å². The Balaban J connectivity index is 1.78. The number of aliphatic hydroxyl groups excluding tert-OH is 1. The van der Waals surface area contributed by atoms with Crippen molar-refractivity contribution >= 4 is 5.91 Å². The molecular formula is C26H35NO3. The van der Waals surface area contributed by atoms with Crippen molar-refractivity contribution < 1.29 is 14.6 Å². The molecule has 30 heavy (non-hydrogen) atoms. The first-order chi connectivity index (χ1) is 14.5. The third kappa shape index (κ3) is 4.86. The lowest BCUT2D eigenvalue weighted by molar-refractivity contribution is -0.0103. The number of rotatable bonds is 10. The molecular weight excluding hydrogens is 374 g/mol. The van der Waals surface area contributed by atoms with Crippen LogP contribution in [0.5, 0.6) is 5.75 Å². The third-order valence-corrected chi connectivity index (χ3v) is 6.61. The van der Waals surface area contributed by atoms with Gasteiger partial charge in [-0.25, -0.2) is 0 Å². The van der Waals surface area contributed by atoms with Crippen LogP contribution >= 0.6 is 0 Å². The molecule has 1 aliphatic carbocycles. The van der Waals surface area contributed by atoms with Crippen LogP contribution in [0.15, 0.2) is 42.5 Å². The van der Waals surface area contributed by atoms with Gasteiger partial charge in [-0.05, 0) is 60.6 Å². The van der Waals surface area contributed by atoms with Gasteiger partial charge < -0.3 is 15.6 Å². The number of benzene rings is 2. The number of fused-ring (bicyclic) bond motifs is 1. The number of hydrogen-bond donors (Lipinski definition) is 2. The minimum atomic E-state index is -0.433. The molecule has 0 bridgehead atoms. The lowest BCUT2D eigenvalue weighted by atomic mass is 9.64. The van der Waals surface area contributed by atoms with Crippen molar-refractivity contribution in [1.29, 1.82) is 0 Å². The smallest absolute Gasteiger partial charge is 0.248 e. The van der Waals surface area contributed by atoms with Crippen LogP contribution in [-0.2, 0) is 13.0 Å². The summed E-state index contributed by atoms with van der Waals surface area (Å²) in [6, 6.07) is 13.2. The van der Waals surface area contributed by atoms with Gasteiger partial charge in [0.1, 0.15) is 12.4 Å². The van der Waals surface area contributed by atoms with Gasteiger partial charge in [0.2, 0.25) is 5.91 Å². The van der Waals surface area contributed by atoms with Gasteiger partial charge in [0.15, 0.2) is 0 Å². The van der Waals surface area contributed by atoms with E-state index in [1.165, 1.54) is 0 Å². The standard InChI is InChI=1S/C26H35NO3/c1-3-5-15-26(16-6-4-2)17-14-21-22(24(26)28)8-7-9-23(21)30-18-19-10-12-20(13-11-19)25(27)29/h7-13,24,28H,3-6,14-18H2,1-2H3,(H2,27,29). The topological polar surface area (TPSA) is 72.5 Å². The Morgan fingerprint density at radius 1 is 1.10 bits per heavy atom. The highest BCUT2D eigenvalue weighted by Gasteiger charge is 2.42. The Bertz CT molecular complexity index is 836. The maximum Gasteiger partial charge on any atom is 0.248 e. The molecule has 1 aliphatic rings. The summed E-state index contributed by atoms with van der Waals surface area (Å²) in [5, 5.41) is 11.4.